The normalized spacial score (nSPS) is 16.0. The molecule has 3 rings (SSSR count). The molecular formula is C20H24ClFN2O2. The van der Waals surface area contributed by atoms with E-state index in [0.717, 1.165) is 31.6 Å². The second-order valence-corrected chi connectivity index (χ2v) is 6.35. The molecule has 2 aromatic rings. The van der Waals surface area contributed by atoms with Crippen molar-refractivity contribution in [1.29, 1.82) is 0 Å². The van der Waals surface area contributed by atoms with Crippen LogP contribution in [0.5, 0.6) is 5.75 Å². The first-order chi connectivity index (χ1) is 12.2. The van der Waals surface area contributed by atoms with Crippen LogP contribution in [0.25, 0.3) is 0 Å². The lowest BCUT2D eigenvalue weighted by Gasteiger charge is -2.10. The Balaban J connectivity index is 0.00000243. The van der Waals surface area contributed by atoms with E-state index in [9.17, 15) is 9.18 Å². The molecule has 0 radical (unpaired) electrons. The van der Waals surface area contributed by atoms with E-state index in [2.05, 4.69) is 10.6 Å². The molecular weight excluding hydrogens is 355 g/mol. The minimum atomic E-state index is -0.274. The molecule has 0 spiro atoms. The van der Waals surface area contributed by atoms with Gasteiger partial charge in [-0.1, -0.05) is 18.2 Å². The lowest BCUT2D eigenvalue weighted by atomic mass is 10.0. The Labute approximate surface area is 159 Å². The minimum absolute atomic E-state index is 0. The zero-order valence-electron chi connectivity index (χ0n) is 14.5. The summed E-state index contributed by atoms with van der Waals surface area (Å²) < 4.78 is 19.1. The van der Waals surface area contributed by atoms with E-state index >= 15 is 0 Å². The maximum absolute atomic E-state index is 13.6. The zero-order valence-corrected chi connectivity index (χ0v) is 15.4. The van der Waals surface area contributed by atoms with Crippen molar-refractivity contribution in [3.05, 3.63) is 59.9 Å². The van der Waals surface area contributed by atoms with Gasteiger partial charge >= 0.3 is 0 Å². The Kier molecular flexibility index (Phi) is 7.88. The molecule has 26 heavy (non-hydrogen) atoms. The van der Waals surface area contributed by atoms with Gasteiger partial charge in [0.15, 0.2) is 0 Å². The number of nitrogens with one attached hydrogen (secondary N) is 2. The van der Waals surface area contributed by atoms with Crippen LogP contribution < -0.4 is 15.4 Å². The lowest BCUT2D eigenvalue weighted by Crippen LogP contribution is -2.14. The van der Waals surface area contributed by atoms with Crippen LogP contribution in [0.1, 0.15) is 24.8 Å². The molecule has 0 aromatic heterocycles. The third-order valence-corrected chi connectivity index (χ3v) is 4.43. The topological polar surface area (TPSA) is 50.4 Å². The van der Waals surface area contributed by atoms with Gasteiger partial charge in [-0.2, -0.15) is 0 Å². The minimum Gasteiger partial charge on any atom is -0.489 e. The van der Waals surface area contributed by atoms with E-state index in [1.54, 1.807) is 42.5 Å². The molecule has 2 aromatic carbocycles. The zero-order chi connectivity index (χ0) is 17.5. The second kappa shape index (κ2) is 10.1. The fourth-order valence-electron chi connectivity index (χ4n) is 2.93. The number of ether oxygens (including phenoxy) is 1. The molecule has 6 heteroatoms. The highest BCUT2D eigenvalue weighted by Gasteiger charge is 2.15. The van der Waals surface area contributed by atoms with E-state index in [-0.39, 0.29) is 30.7 Å². The number of rotatable bonds is 7. The first-order valence-corrected chi connectivity index (χ1v) is 8.67. The van der Waals surface area contributed by atoms with E-state index in [1.807, 2.05) is 0 Å². The second-order valence-electron chi connectivity index (χ2n) is 6.35. The summed E-state index contributed by atoms with van der Waals surface area (Å²) in [7, 11) is 0. The summed E-state index contributed by atoms with van der Waals surface area (Å²) in [6.45, 7) is 2.25. The lowest BCUT2D eigenvalue weighted by molar-refractivity contribution is -0.116. The highest BCUT2D eigenvalue weighted by atomic mass is 35.5. The van der Waals surface area contributed by atoms with Crippen molar-refractivity contribution in [2.24, 2.45) is 5.92 Å². The van der Waals surface area contributed by atoms with Crippen molar-refractivity contribution in [1.82, 2.24) is 5.32 Å². The SMILES string of the molecule is Cl.O=C(CCC1CCNC1)Nc1ccc(OCc2ccccc2F)cc1. The molecule has 1 fully saturated rings. The van der Waals surface area contributed by atoms with Gasteiger partial charge in [0, 0.05) is 17.7 Å². The molecule has 0 bridgehead atoms. The van der Waals surface area contributed by atoms with Crippen LogP contribution in [0.2, 0.25) is 0 Å². The fraction of sp³-hybridized carbons (Fsp3) is 0.350. The highest BCUT2D eigenvalue weighted by Crippen LogP contribution is 2.19. The molecule has 140 valence electrons. The maximum Gasteiger partial charge on any atom is 0.224 e. The number of hydrogen-bond donors (Lipinski definition) is 2. The van der Waals surface area contributed by atoms with Crippen LogP contribution in [0.4, 0.5) is 10.1 Å². The van der Waals surface area contributed by atoms with Crippen molar-refractivity contribution in [3.8, 4) is 5.75 Å². The number of halogens is 2. The van der Waals surface area contributed by atoms with Gasteiger partial charge in [-0.05, 0) is 62.2 Å². The summed E-state index contributed by atoms with van der Waals surface area (Å²) in [5.74, 6) is 1.01. The largest absolute Gasteiger partial charge is 0.489 e. The summed E-state index contributed by atoms with van der Waals surface area (Å²) in [5, 5.41) is 6.21. The van der Waals surface area contributed by atoms with Gasteiger partial charge in [0.1, 0.15) is 18.2 Å². The molecule has 0 aliphatic carbocycles. The van der Waals surface area contributed by atoms with Gasteiger partial charge in [0.05, 0.1) is 0 Å². The molecule has 1 aliphatic heterocycles. The van der Waals surface area contributed by atoms with E-state index < -0.39 is 0 Å². The van der Waals surface area contributed by atoms with E-state index in [4.69, 9.17) is 4.74 Å². The maximum atomic E-state index is 13.6. The van der Waals surface area contributed by atoms with Crippen molar-refractivity contribution in [2.75, 3.05) is 18.4 Å². The average Bonchev–Trinajstić information content (AvgIpc) is 3.14. The summed E-state index contributed by atoms with van der Waals surface area (Å²) in [6.07, 6.45) is 2.61. The molecule has 0 saturated carbocycles. The number of carbonyl (C=O) groups excluding carboxylic acids is 1. The standard InChI is InChI=1S/C20H23FN2O2.ClH/c21-19-4-2-1-3-16(19)14-25-18-8-6-17(7-9-18)23-20(24)10-5-15-11-12-22-13-15;/h1-4,6-9,15,22H,5,10-14H2,(H,23,24);1H. The molecule has 1 unspecified atom stereocenters. The van der Waals surface area contributed by atoms with Crippen molar-refractivity contribution >= 4 is 24.0 Å². The Bertz CT molecular complexity index is 703. The highest BCUT2D eigenvalue weighted by molar-refractivity contribution is 5.90. The Morgan fingerprint density at radius 2 is 1.96 bits per heavy atom. The van der Waals surface area contributed by atoms with Crippen LogP contribution in [0.3, 0.4) is 0 Å². The predicted molar refractivity (Wildman–Crippen MR) is 103 cm³/mol. The van der Waals surface area contributed by atoms with Crippen LogP contribution in [0.15, 0.2) is 48.5 Å². The number of benzene rings is 2. The van der Waals surface area contributed by atoms with Crippen LogP contribution in [-0.4, -0.2) is 19.0 Å². The number of hydrogen-bond acceptors (Lipinski definition) is 3. The molecule has 1 atom stereocenters. The van der Waals surface area contributed by atoms with Gasteiger partial charge in [0.25, 0.3) is 0 Å². The Hall–Kier alpha value is -2.11. The predicted octanol–water partition coefficient (Wildman–Crippen LogP) is 4.15. The smallest absolute Gasteiger partial charge is 0.224 e. The first kappa shape index (κ1) is 20.2. The monoisotopic (exact) mass is 378 g/mol. The van der Waals surface area contributed by atoms with Gasteiger partial charge in [-0.25, -0.2) is 4.39 Å². The van der Waals surface area contributed by atoms with Gasteiger partial charge in [0.2, 0.25) is 5.91 Å². The van der Waals surface area contributed by atoms with Crippen LogP contribution in [-0.2, 0) is 11.4 Å². The molecule has 1 amide bonds. The molecule has 1 saturated heterocycles. The molecule has 1 aliphatic rings. The Morgan fingerprint density at radius 3 is 2.65 bits per heavy atom. The molecule has 1 heterocycles. The quantitative estimate of drug-likeness (QED) is 0.760. The third-order valence-electron chi connectivity index (χ3n) is 4.43. The molecule has 2 N–H and O–H groups in total. The fourth-order valence-corrected chi connectivity index (χ4v) is 2.93. The average molecular weight is 379 g/mol. The van der Waals surface area contributed by atoms with Crippen molar-refractivity contribution < 1.29 is 13.9 Å². The van der Waals surface area contributed by atoms with Gasteiger partial charge < -0.3 is 15.4 Å². The number of carbonyl (C=O) groups is 1. The summed E-state index contributed by atoms with van der Waals surface area (Å²) in [6, 6.07) is 13.7. The summed E-state index contributed by atoms with van der Waals surface area (Å²) >= 11 is 0. The summed E-state index contributed by atoms with van der Waals surface area (Å²) in [4.78, 5) is 12.0. The van der Waals surface area contributed by atoms with Crippen molar-refractivity contribution in [2.45, 2.75) is 25.9 Å². The first-order valence-electron chi connectivity index (χ1n) is 8.67. The van der Waals surface area contributed by atoms with Crippen molar-refractivity contribution in [3.63, 3.8) is 0 Å². The third kappa shape index (κ3) is 6.00. The molecule has 4 nitrogen and oxygen atoms in total. The van der Waals surface area contributed by atoms with Crippen LogP contribution in [0, 0.1) is 11.7 Å². The van der Waals surface area contributed by atoms with Gasteiger partial charge in [-0.3, -0.25) is 4.79 Å². The van der Waals surface area contributed by atoms with Gasteiger partial charge in [-0.15, -0.1) is 12.4 Å². The number of amides is 1. The Morgan fingerprint density at radius 1 is 1.19 bits per heavy atom. The van der Waals surface area contributed by atoms with E-state index in [0.29, 0.717) is 23.7 Å². The van der Waals surface area contributed by atoms with Crippen LogP contribution >= 0.6 is 12.4 Å². The number of anilines is 1. The summed E-state index contributed by atoms with van der Waals surface area (Å²) in [5.41, 5.74) is 1.26. The van der Waals surface area contributed by atoms with E-state index in [1.165, 1.54) is 6.07 Å².